The van der Waals surface area contributed by atoms with Gasteiger partial charge in [-0.3, -0.25) is 9.48 Å². The number of fused-ring (bicyclic) bond motifs is 1. The molecule has 1 aromatic carbocycles. The molecular weight excluding hydrogens is 382 g/mol. The maximum absolute atomic E-state index is 13.3. The Morgan fingerprint density at radius 3 is 2.67 bits per heavy atom. The second-order valence-electron chi connectivity index (χ2n) is 8.81. The van der Waals surface area contributed by atoms with E-state index in [-0.39, 0.29) is 22.9 Å². The van der Waals surface area contributed by atoms with Crippen LogP contribution in [0.2, 0.25) is 0 Å². The first-order valence-electron chi connectivity index (χ1n) is 10.8. The van der Waals surface area contributed by atoms with Gasteiger partial charge in [-0.05, 0) is 43.6 Å². The number of amides is 1. The first kappa shape index (κ1) is 19.3. The number of carbonyl (C=O) groups excluding carboxylic acids is 1. The lowest BCUT2D eigenvalue weighted by molar-refractivity contribution is -0.138. The summed E-state index contributed by atoms with van der Waals surface area (Å²) in [5, 5.41) is 14.0. The first-order valence-corrected chi connectivity index (χ1v) is 10.8. The van der Waals surface area contributed by atoms with Crippen molar-refractivity contribution in [1.29, 1.82) is 0 Å². The molecule has 1 spiro atoms. The fourth-order valence-electron chi connectivity index (χ4n) is 5.53. The number of likely N-dealkylation sites (tertiary alicyclic amines) is 1. The Morgan fingerprint density at radius 1 is 1.17 bits per heavy atom. The Bertz CT molecular complexity index is 960. The minimum Gasteiger partial charge on any atom is -0.476 e. The van der Waals surface area contributed by atoms with Crippen LogP contribution in [-0.4, -0.2) is 44.8 Å². The van der Waals surface area contributed by atoms with E-state index in [1.807, 2.05) is 23.1 Å². The summed E-state index contributed by atoms with van der Waals surface area (Å²) in [4.78, 5) is 27.1. The van der Waals surface area contributed by atoms with Gasteiger partial charge in [-0.15, -0.1) is 0 Å². The Kier molecular flexibility index (Phi) is 4.85. The number of aromatic carboxylic acids is 1. The van der Waals surface area contributed by atoms with Crippen molar-refractivity contribution < 1.29 is 19.4 Å². The molecular formula is C23H27N3O4. The summed E-state index contributed by atoms with van der Waals surface area (Å²) in [6.07, 6.45) is 4.17. The molecule has 1 aromatic heterocycles. The van der Waals surface area contributed by atoms with Crippen molar-refractivity contribution in [3.05, 3.63) is 52.8 Å². The third kappa shape index (κ3) is 3.21. The van der Waals surface area contributed by atoms with Crippen LogP contribution in [-0.2, 0) is 29.2 Å². The Hall–Kier alpha value is -2.67. The van der Waals surface area contributed by atoms with E-state index < -0.39 is 5.97 Å². The van der Waals surface area contributed by atoms with E-state index in [0.717, 1.165) is 55.5 Å². The van der Waals surface area contributed by atoms with Crippen LogP contribution in [0.15, 0.2) is 30.3 Å². The summed E-state index contributed by atoms with van der Waals surface area (Å²) in [6, 6.07) is 10.1. The predicted molar refractivity (Wildman–Crippen MR) is 109 cm³/mol. The van der Waals surface area contributed by atoms with Gasteiger partial charge in [0.1, 0.15) is 0 Å². The standard InChI is InChI=1S/C23H27N3O4/c27-21(28)20-19(18-15-30-13-12-26(18)24-20)17-6-8-23(9-7-17)10-11-25(22(23)29)14-16-4-2-1-3-5-16/h1-5,17H,6-15H2,(H,27,28)/t17-,23-. The summed E-state index contributed by atoms with van der Waals surface area (Å²) in [7, 11) is 0. The smallest absolute Gasteiger partial charge is 0.356 e. The molecule has 7 nitrogen and oxygen atoms in total. The number of hydrogen-bond donors (Lipinski definition) is 1. The summed E-state index contributed by atoms with van der Waals surface area (Å²) in [5.41, 5.74) is 2.79. The number of hydrogen-bond acceptors (Lipinski definition) is 4. The summed E-state index contributed by atoms with van der Waals surface area (Å²) >= 11 is 0. The molecule has 2 aromatic rings. The molecule has 2 fully saturated rings. The minimum atomic E-state index is -0.974. The number of benzene rings is 1. The quantitative estimate of drug-likeness (QED) is 0.838. The molecule has 1 aliphatic carbocycles. The SMILES string of the molecule is O=C(O)c1nn2c(c1[C@H]1CC[C@@]3(CCN(Cc4ccccc4)C3=O)CC1)COCC2. The van der Waals surface area contributed by atoms with Crippen molar-refractivity contribution in [2.45, 2.75) is 57.7 Å². The van der Waals surface area contributed by atoms with E-state index >= 15 is 0 Å². The van der Waals surface area contributed by atoms with Crippen molar-refractivity contribution in [3.8, 4) is 0 Å². The first-order chi connectivity index (χ1) is 14.6. The largest absolute Gasteiger partial charge is 0.476 e. The summed E-state index contributed by atoms with van der Waals surface area (Å²) < 4.78 is 7.39. The van der Waals surface area contributed by atoms with Crippen LogP contribution < -0.4 is 0 Å². The van der Waals surface area contributed by atoms with Crippen LogP contribution in [0.5, 0.6) is 0 Å². The van der Waals surface area contributed by atoms with E-state index in [1.165, 1.54) is 0 Å². The molecule has 158 valence electrons. The van der Waals surface area contributed by atoms with Gasteiger partial charge in [-0.2, -0.15) is 5.10 Å². The van der Waals surface area contributed by atoms with E-state index in [4.69, 9.17) is 4.74 Å². The van der Waals surface area contributed by atoms with Gasteiger partial charge in [0.15, 0.2) is 5.69 Å². The Balaban J connectivity index is 1.32. The molecule has 0 bridgehead atoms. The normalized spacial score (nSPS) is 26.2. The van der Waals surface area contributed by atoms with Gasteiger partial charge in [-0.1, -0.05) is 30.3 Å². The van der Waals surface area contributed by atoms with Gasteiger partial charge in [0.2, 0.25) is 5.91 Å². The minimum absolute atomic E-state index is 0.128. The van der Waals surface area contributed by atoms with Crippen LogP contribution in [0.1, 0.15) is 65.3 Å². The molecule has 1 N–H and O–H groups in total. The zero-order chi connectivity index (χ0) is 20.7. The van der Waals surface area contributed by atoms with Crippen LogP contribution in [0.3, 0.4) is 0 Å². The number of aromatic nitrogens is 2. The highest BCUT2D eigenvalue weighted by Crippen LogP contribution is 2.50. The molecule has 3 aliphatic rings. The number of carboxylic acid groups (broad SMARTS) is 1. The molecule has 0 unspecified atom stereocenters. The van der Waals surface area contributed by atoms with Crippen LogP contribution >= 0.6 is 0 Å². The zero-order valence-corrected chi connectivity index (χ0v) is 17.0. The highest BCUT2D eigenvalue weighted by Gasteiger charge is 2.49. The number of rotatable bonds is 4. The summed E-state index contributed by atoms with van der Waals surface area (Å²) in [5.74, 6) is -0.579. The highest BCUT2D eigenvalue weighted by molar-refractivity contribution is 5.88. The van der Waals surface area contributed by atoms with E-state index in [1.54, 1.807) is 4.68 Å². The van der Waals surface area contributed by atoms with E-state index in [0.29, 0.717) is 26.3 Å². The lowest BCUT2D eigenvalue weighted by Gasteiger charge is -2.36. The van der Waals surface area contributed by atoms with Crippen molar-refractivity contribution in [2.24, 2.45) is 5.41 Å². The lowest BCUT2D eigenvalue weighted by Crippen LogP contribution is -2.37. The maximum Gasteiger partial charge on any atom is 0.356 e. The predicted octanol–water partition coefficient (Wildman–Crippen LogP) is 3.19. The van der Waals surface area contributed by atoms with E-state index in [9.17, 15) is 14.7 Å². The topological polar surface area (TPSA) is 84.7 Å². The molecule has 30 heavy (non-hydrogen) atoms. The lowest BCUT2D eigenvalue weighted by atomic mass is 9.67. The van der Waals surface area contributed by atoms with Gasteiger partial charge in [0.25, 0.3) is 0 Å². The zero-order valence-electron chi connectivity index (χ0n) is 17.0. The average Bonchev–Trinajstić information content (AvgIpc) is 3.30. The van der Waals surface area contributed by atoms with Crippen molar-refractivity contribution in [1.82, 2.24) is 14.7 Å². The van der Waals surface area contributed by atoms with Crippen molar-refractivity contribution in [3.63, 3.8) is 0 Å². The number of carbonyl (C=O) groups is 2. The average molecular weight is 409 g/mol. The molecule has 1 amide bonds. The van der Waals surface area contributed by atoms with Crippen LogP contribution in [0, 0.1) is 5.41 Å². The Labute approximate surface area is 175 Å². The van der Waals surface area contributed by atoms with E-state index in [2.05, 4.69) is 17.2 Å². The number of nitrogens with zero attached hydrogens (tertiary/aromatic N) is 3. The third-order valence-corrected chi connectivity index (χ3v) is 7.16. The van der Waals surface area contributed by atoms with Gasteiger partial charge in [-0.25, -0.2) is 4.79 Å². The number of ether oxygens (including phenoxy) is 1. The van der Waals surface area contributed by atoms with Crippen molar-refractivity contribution in [2.75, 3.05) is 13.2 Å². The molecule has 0 radical (unpaired) electrons. The van der Waals surface area contributed by atoms with Crippen molar-refractivity contribution >= 4 is 11.9 Å². The van der Waals surface area contributed by atoms with Gasteiger partial charge < -0.3 is 14.7 Å². The molecule has 3 heterocycles. The highest BCUT2D eigenvalue weighted by atomic mass is 16.5. The second kappa shape index (κ2) is 7.54. The molecule has 0 atom stereocenters. The molecule has 1 saturated carbocycles. The van der Waals surface area contributed by atoms with Gasteiger partial charge in [0, 0.05) is 18.7 Å². The summed E-state index contributed by atoms with van der Waals surface area (Å²) in [6.45, 7) is 3.05. The molecule has 1 saturated heterocycles. The Morgan fingerprint density at radius 2 is 1.93 bits per heavy atom. The fraction of sp³-hybridized carbons (Fsp3) is 0.522. The van der Waals surface area contributed by atoms with Gasteiger partial charge >= 0.3 is 5.97 Å². The fourth-order valence-corrected chi connectivity index (χ4v) is 5.53. The molecule has 7 heteroatoms. The molecule has 2 aliphatic heterocycles. The van der Waals surface area contributed by atoms with Crippen LogP contribution in [0.25, 0.3) is 0 Å². The maximum atomic E-state index is 13.3. The number of carboxylic acids is 1. The second-order valence-corrected chi connectivity index (χ2v) is 8.81. The molecule has 5 rings (SSSR count). The third-order valence-electron chi connectivity index (χ3n) is 7.16. The van der Waals surface area contributed by atoms with Gasteiger partial charge in [0.05, 0.1) is 30.9 Å². The monoisotopic (exact) mass is 409 g/mol. The van der Waals surface area contributed by atoms with Crippen LogP contribution in [0.4, 0.5) is 0 Å².